The van der Waals surface area contributed by atoms with E-state index in [2.05, 4.69) is 0 Å². The van der Waals surface area contributed by atoms with Gasteiger partial charge in [-0.15, -0.1) is 0 Å². The van der Waals surface area contributed by atoms with Crippen LogP contribution < -0.4 is 0 Å². The highest BCUT2D eigenvalue weighted by Gasteiger charge is 2.28. The van der Waals surface area contributed by atoms with Crippen molar-refractivity contribution in [3.05, 3.63) is 0 Å². The molecule has 0 unspecified atom stereocenters. The number of halogens is 2. The standard InChI is InChI=1S/C7H11F2NO/c1-5-2-3-10(4-5)7(11)6(8)9/h5-6H,2-4H2,1H3/t5-/m1/s1. The highest BCUT2D eigenvalue weighted by atomic mass is 19.3. The van der Waals surface area contributed by atoms with Crippen LogP contribution in [0.15, 0.2) is 0 Å². The van der Waals surface area contributed by atoms with Crippen LogP contribution in [0.2, 0.25) is 0 Å². The first-order chi connectivity index (χ1) is 5.11. The van der Waals surface area contributed by atoms with Crippen LogP contribution in [0.4, 0.5) is 8.78 Å². The number of nitrogens with zero attached hydrogens (tertiary/aromatic N) is 1. The Kier molecular flexibility index (Phi) is 2.42. The highest BCUT2D eigenvalue weighted by Crippen LogP contribution is 2.16. The summed E-state index contributed by atoms with van der Waals surface area (Å²) in [6, 6.07) is 0. The molecule has 4 heteroatoms. The van der Waals surface area contributed by atoms with Crippen molar-refractivity contribution in [1.29, 1.82) is 0 Å². The summed E-state index contributed by atoms with van der Waals surface area (Å²) in [7, 11) is 0. The largest absolute Gasteiger partial charge is 0.337 e. The number of hydrogen-bond donors (Lipinski definition) is 0. The number of carbonyl (C=O) groups excluding carboxylic acids is 1. The lowest BCUT2D eigenvalue weighted by Gasteiger charge is -2.14. The topological polar surface area (TPSA) is 20.3 Å². The number of rotatable bonds is 1. The van der Waals surface area contributed by atoms with Crippen molar-refractivity contribution in [3.63, 3.8) is 0 Å². The number of alkyl halides is 2. The minimum absolute atomic E-state index is 0.373. The Morgan fingerprint density at radius 3 is 2.64 bits per heavy atom. The van der Waals surface area contributed by atoms with Gasteiger partial charge in [0.05, 0.1) is 0 Å². The molecule has 0 aromatic rings. The fourth-order valence-electron chi connectivity index (χ4n) is 1.27. The van der Waals surface area contributed by atoms with E-state index < -0.39 is 12.3 Å². The van der Waals surface area contributed by atoms with Crippen LogP contribution in [0.1, 0.15) is 13.3 Å². The molecule has 0 saturated carbocycles. The summed E-state index contributed by atoms with van der Waals surface area (Å²) >= 11 is 0. The van der Waals surface area contributed by atoms with Crippen LogP contribution in [0.3, 0.4) is 0 Å². The van der Waals surface area contributed by atoms with Gasteiger partial charge in [0.15, 0.2) is 0 Å². The molecular weight excluding hydrogens is 152 g/mol. The lowest BCUT2D eigenvalue weighted by atomic mass is 10.2. The van der Waals surface area contributed by atoms with Gasteiger partial charge in [0.2, 0.25) is 0 Å². The number of hydrogen-bond acceptors (Lipinski definition) is 1. The fraction of sp³-hybridized carbons (Fsp3) is 0.857. The molecule has 1 amide bonds. The molecule has 1 saturated heterocycles. The normalized spacial score (nSPS) is 24.7. The third-order valence-electron chi connectivity index (χ3n) is 1.92. The second kappa shape index (κ2) is 3.15. The molecule has 0 aromatic heterocycles. The first-order valence-corrected chi connectivity index (χ1v) is 3.68. The molecule has 1 aliphatic rings. The van der Waals surface area contributed by atoms with Gasteiger partial charge in [-0.25, -0.2) is 0 Å². The predicted octanol–water partition coefficient (Wildman–Crippen LogP) is 1.12. The maximum Gasteiger partial charge on any atom is 0.315 e. The van der Waals surface area contributed by atoms with E-state index in [9.17, 15) is 13.6 Å². The average molecular weight is 163 g/mol. The molecule has 1 heterocycles. The summed E-state index contributed by atoms with van der Waals surface area (Å²) in [5.41, 5.74) is 0. The number of carbonyl (C=O) groups is 1. The van der Waals surface area contributed by atoms with Crippen molar-refractivity contribution in [2.45, 2.75) is 19.8 Å². The van der Waals surface area contributed by atoms with Crippen molar-refractivity contribution in [2.24, 2.45) is 5.92 Å². The first-order valence-electron chi connectivity index (χ1n) is 3.68. The first kappa shape index (κ1) is 8.43. The van der Waals surface area contributed by atoms with Gasteiger partial charge in [0.1, 0.15) is 0 Å². The molecule has 64 valence electrons. The molecule has 1 atom stereocenters. The number of amides is 1. The molecule has 1 fully saturated rings. The van der Waals surface area contributed by atoms with Gasteiger partial charge in [0, 0.05) is 13.1 Å². The summed E-state index contributed by atoms with van der Waals surface area (Å²) in [5.74, 6) is -0.646. The molecule has 0 spiro atoms. The summed E-state index contributed by atoms with van der Waals surface area (Å²) in [5, 5.41) is 0. The Morgan fingerprint density at radius 1 is 1.64 bits per heavy atom. The van der Waals surface area contributed by atoms with E-state index in [0.717, 1.165) is 6.42 Å². The quantitative estimate of drug-likeness (QED) is 0.567. The zero-order valence-corrected chi connectivity index (χ0v) is 6.39. The molecule has 1 rings (SSSR count). The van der Waals surface area contributed by atoms with Gasteiger partial charge >= 0.3 is 6.43 Å². The Balaban J connectivity index is 2.43. The molecule has 1 aliphatic heterocycles. The number of likely N-dealkylation sites (tertiary alicyclic amines) is 1. The van der Waals surface area contributed by atoms with Gasteiger partial charge in [-0.2, -0.15) is 8.78 Å². The molecular formula is C7H11F2NO. The van der Waals surface area contributed by atoms with Crippen LogP contribution in [0.25, 0.3) is 0 Å². The fourth-order valence-corrected chi connectivity index (χ4v) is 1.27. The third kappa shape index (κ3) is 1.88. The van der Waals surface area contributed by atoms with E-state index in [-0.39, 0.29) is 0 Å². The summed E-state index contributed by atoms with van der Waals surface area (Å²) in [4.78, 5) is 11.9. The summed E-state index contributed by atoms with van der Waals surface area (Å²) in [6.45, 7) is 2.94. The van der Waals surface area contributed by atoms with Crippen molar-refractivity contribution >= 4 is 5.91 Å². The van der Waals surface area contributed by atoms with Crippen LogP contribution in [0.5, 0.6) is 0 Å². The van der Waals surface area contributed by atoms with Gasteiger partial charge in [-0.1, -0.05) is 6.92 Å². The zero-order chi connectivity index (χ0) is 8.43. The van der Waals surface area contributed by atoms with E-state index in [4.69, 9.17) is 0 Å². The molecule has 0 bridgehead atoms. The van der Waals surface area contributed by atoms with Crippen molar-refractivity contribution in [2.75, 3.05) is 13.1 Å². The smallest absolute Gasteiger partial charge is 0.315 e. The van der Waals surface area contributed by atoms with Crippen molar-refractivity contribution < 1.29 is 13.6 Å². The van der Waals surface area contributed by atoms with E-state index in [1.54, 1.807) is 0 Å². The maximum absolute atomic E-state index is 11.8. The second-order valence-corrected chi connectivity index (χ2v) is 2.98. The minimum Gasteiger partial charge on any atom is -0.337 e. The van der Waals surface area contributed by atoms with Crippen LogP contribution in [0, 0.1) is 5.92 Å². The van der Waals surface area contributed by atoms with Gasteiger partial charge in [0.25, 0.3) is 5.91 Å². The van der Waals surface area contributed by atoms with E-state index >= 15 is 0 Å². The van der Waals surface area contributed by atoms with Crippen molar-refractivity contribution in [1.82, 2.24) is 4.90 Å². The van der Waals surface area contributed by atoms with Gasteiger partial charge in [-0.05, 0) is 12.3 Å². The zero-order valence-electron chi connectivity index (χ0n) is 6.39. The van der Waals surface area contributed by atoms with E-state index in [1.165, 1.54) is 4.90 Å². The monoisotopic (exact) mass is 163 g/mol. The molecule has 11 heavy (non-hydrogen) atoms. The molecule has 0 aromatic carbocycles. The van der Waals surface area contributed by atoms with Crippen LogP contribution in [-0.2, 0) is 4.79 Å². The maximum atomic E-state index is 11.8. The minimum atomic E-state index is -2.83. The third-order valence-corrected chi connectivity index (χ3v) is 1.92. The Hall–Kier alpha value is -0.670. The summed E-state index contributed by atoms with van der Waals surface area (Å²) in [6.07, 6.45) is -1.99. The molecule has 0 N–H and O–H groups in total. The molecule has 0 aliphatic carbocycles. The Bertz CT molecular complexity index is 161. The van der Waals surface area contributed by atoms with Gasteiger partial charge < -0.3 is 4.90 Å². The lowest BCUT2D eigenvalue weighted by molar-refractivity contribution is -0.141. The Labute approximate surface area is 64.2 Å². The lowest BCUT2D eigenvalue weighted by Crippen LogP contribution is -2.33. The van der Waals surface area contributed by atoms with E-state index in [0.29, 0.717) is 19.0 Å². The SMILES string of the molecule is C[C@@H]1CCN(C(=O)C(F)F)C1. The highest BCUT2D eigenvalue weighted by molar-refractivity contribution is 5.79. The average Bonchev–Trinajstić information content (AvgIpc) is 2.34. The van der Waals surface area contributed by atoms with Crippen LogP contribution >= 0.6 is 0 Å². The molecule has 2 nitrogen and oxygen atoms in total. The second-order valence-electron chi connectivity index (χ2n) is 2.98. The van der Waals surface area contributed by atoms with E-state index in [1.807, 2.05) is 6.92 Å². The molecule has 0 radical (unpaired) electrons. The van der Waals surface area contributed by atoms with Crippen molar-refractivity contribution in [3.8, 4) is 0 Å². The van der Waals surface area contributed by atoms with Crippen LogP contribution in [-0.4, -0.2) is 30.3 Å². The Morgan fingerprint density at radius 2 is 2.27 bits per heavy atom. The van der Waals surface area contributed by atoms with Gasteiger partial charge in [-0.3, -0.25) is 4.79 Å². The predicted molar refractivity (Wildman–Crippen MR) is 36.4 cm³/mol. The summed E-state index contributed by atoms with van der Waals surface area (Å²) < 4.78 is 23.6.